The Bertz CT molecular complexity index is 628. The first-order chi connectivity index (χ1) is 9.33. The molecule has 1 aromatic carbocycles. The van der Waals surface area contributed by atoms with Crippen LogP contribution in [0.15, 0.2) is 36.5 Å². The van der Waals surface area contributed by atoms with Gasteiger partial charge >= 0.3 is 0 Å². The molecule has 96 valence electrons. The van der Waals surface area contributed by atoms with Gasteiger partial charge in [-0.15, -0.1) is 0 Å². The maximum atomic E-state index is 11.9. The van der Waals surface area contributed by atoms with E-state index in [0.717, 1.165) is 37.7 Å². The average molecular weight is 251 g/mol. The van der Waals surface area contributed by atoms with Crippen LogP contribution in [0.2, 0.25) is 0 Å². The fourth-order valence-corrected chi connectivity index (χ4v) is 3.62. The standard InChI is InChI=1S/C17H17NO/c19-17-7-3-6-16-15(17)8-9-18(16)14-10-12-4-1-2-5-13(12)11-14/h1-2,4-5,8-9,14H,3,6-7,10-11H2. The minimum Gasteiger partial charge on any atom is -0.347 e. The Morgan fingerprint density at radius 3 is 2.47 bits per heavy atom. The molecular formula is C17H17NO. The smallest absolute Gasteiger partial charge is 0.164 e. The predicted octanol–water partition coefficient (Wildman–Crippen LogP) is 3.35. The SMILES string of the molecule is O=C1CCCc2c1ccn2C1Cc2ccccc2C1. The van der Waals surface area contributed by atoms with Gasteiger partial charge in [0.05, 0.1) is 0 Å². The highest BCUT2D eigenvalue weighted by Gasteiger charge is 2.27. The summed E-state index contributed by atoms with van der Waals surface area (Å²) in [5, 5.41) is 0. The summed E-state index contributed by atoms with van der Waals surface area (Å²) in [4.78, 5) is 11.9. The molecule has 1 aromatic heterocycles. The van der Waals surface area contributed by atoms with Crippen molar-refractivity contribution in [2.45, 2.75) is 38.1 Å². The van der Waals surface area contributed by atoms with E-state index in [1.807, 2.05) is 6.07 Å². The topological polar surface area (TPSA) is 22.0 Å². The lowest BCUT2D eigenvalue weighted by atomic mass is 9.96. The zero-order valence-corrected chi connectivity index (χ0v) is 10.9. The number of carbonyl (C=O) groups is 1. The highest BCUT2D eigenvalue weighted by Crippen LogP contribution is 2.33. The van der Waals surface area contributed by atoms with Gasteiger partial charge in [-0.3, -0.25) is 4.79 Å². The van der Waals surface area contributed by atoms with E-state index in [-0.39, 0.29) is 0 Å². The lowest BCUT2D eigenvalue weighted by Crippen LogP contribution is -2.16. The number of rotatable bonds is 1. The quantitative estimate of drug-likeness (QED) is 0.762. The number of carbonyl (C=O) groups excluding carboxylic acids is 1. The Morgan fingerprint density at radius 2 is 1.74 bits per heavy atom. The van der Waals surface area contributed by atoms with Gasteiger partial charge in [-0.2, -0.15) is 0 Å². The molecule has 2 aliphatic rings. The molecule has 0 fully saturated rings. The Balaban J connectivity index is 1.71. The van der Waals surface area contributed by atoms with Crippen LogP contribution >= 0.6 is 0 Å². The number of aromatic nitrogens is 1. The van der Waals surface area contributed by atoms with Crippen molar-refractivity contribution in [3.63, 3.8) is 0 Å². The fourth-order valence-electron chi connectivity index (χ4n) is 3.62. The molecule has 0 unspecified atom stereocenters. The average Bonchev–Trinajstić information content (AvgIpc) is 3.02. The van der Waals surface area contributed by atoms with E-state index < -0.39 is 0 Å². The van der Waals surface area contributed by atoms with Crippen molar-refractivity contribution in [1.29, 1.82) is 0 Å². The van der Waals surface area contributed by atoms with Gasteiger partial charge in [0.1, 0.15) is 0 Å². The molecule has 2 aliphatic carbocycles. The summed E-state index contributed by atoms with van der Waals surface area (Å²) in [6.45, 7) is 0. The predicted molar refractivity (Wildman–Crippen MR) is 74.6 cm³/mol. The Morgan fingerprint density at radius 1 is 1.00 bits per heavy atom. The van der Waals surface area contributed by atoms with Crippen molar-refractivity contribution in [2.75, 3.05) is 0 Å². The van der Waals surface area contributed by atoms with E-state index in [1.54, 1.807) is 0 Å². The Labute approximate surface area is 113 Å². The molecule has 0 saturated carbocycles. The molecular weight excluding hydrogens is 234 g/mol. The fraction of sp³-hybridized carbons (Fsp3) is 0.353. The van der Waals surface area contributed by atoms with E-state index in [0.29, 0.717) is 11.8 Å². The van der Waals surface area contributed by atoms with Crippen LogP contribution in [0.3, 0.4) is 0 Å². The molecule has 0 radical (unpaired) electrons. The third kappa shape index (κ3) is 1.66. The van der Waals surface area contributed by atoms with Crippen molar-refractivity contribution in [3.8, 4) is 0 Å². The van der Waals surface area contributed by atoms with Crippen LogP contribution in [0.1, 0.15) is 46.1 Å². The van der Waals surface area contributed by atoms with E-state index in [1.165, 1.54) is 16.8 Å². The zero-order valence-electron chi connectivity index (χ0n) is 10.9. The van der Waals surface area contributed by atoms with Gasteiger partial charge in [-0.1, -0.05) is 24.3 Å². The third-order valence-electron chi connectivity index (χ3n) is 4.57. The van der Waals surface area contributed by atoms with Gasteiger partial charge in [0, 0.05) is 29.9 Å². The lowest BCUT2D eigenvalue weighted by Gasteiger charge is -2.19. The molecule has 2 heteroatoms. The minimum absolute atomic E-state index is 0.329. The molecule has 19 heavy (non-hydrogen) atoms. The van der Waals surface area contributed by atoms with E-state index in [4.69, 9.17) is 0 Å². The maximum Gasteiger partial charge on any atom is 0.164 e. The summed E-state index contributed by atoms with van der Waals surface area (Å²) in [6, 6.07) is 11.2. The molecule has 0 spiro atoms. The van der Waals surface area contributed by atoms with Gasteiger partial charge in [-0.05, 0) is 42.9 Å². The normalized spacial score (nSPS) is 18.4. The summed E-state index contributed by atoms with van der Waals surface area (Å²) < 4.78 is 2.37. The van der Waals surface area contributed by atoms with Crippen molar-refractivity contribution in [3.05, 3.63) is 58.9 Å². The van der Waals surface area contributed by atoms with Crippen LogP contribution in [-0.4, -0.2) is 10.4 Å². The summed E-state index contributed by atoms with van der Waals surface area (Å²) in [5.41, 5.74) is 5.19. The molecule has 0 saturated heterocycles. The van der Waals surface area contributed by atoms with Gasteiger partial charge < -0.3 is 4.57 Å². The highest BCUT2D eigenvalue weighted by atomic mass is 16.1. The molecule has 0 bridgehead atoms. The highest BCUT2D eigenvalue weighted by molar-refractivity contribution is 5.98. The van der Waals surface area contributed by atoms with Gasteiger partial charge in [0.15, 0.2) is 5.78 Å². The Kier molecular flexibility index (Phi) is 2.37. The molecule has 2 nitrogen and oxygen atoms in total. The number of Topliss-reactive ketones (excluding diaryl/α,β-unsaturated/α-hetero) is 1. The number of ketones is 1. The second kappa shape index (κ2) is 4.09. The molecule has 0 atom stereocenters. The molecule has 0 amide bonds. The first kappa shape index (κ1) is 11.0. The van der Waals surface area contributed by atoms with Gasteiger partial charge in [-0.25, -0.2) is 0 Å². The number of hydrogen-bond donors (Lipinski definition) is 0. The molecule has 4 rings (SSSR count). The summed E-state index contributed by atoms with van der Waals surface area (Å²) in [7, 11) is 0. The largest absolute Gasteiger partial charge is 0.347 e. The van der Waals surface area contributed by atoms with Gasteiger partial charge in [0.25, 0.3) is 0 Å². The Hall–Kier alpha value is -1.83. The number of benzene rings is 1. The van der Waals surface area contributed by atoms with Crippen molar-refractivity contribution >= 4 is 5.78 Å². The van der Waals surface area contributed by atoms with Crippen molar-refractivity contribution < 1.29 is 4.79 Å². The first-order valence-electron chi connectivity index (χ1n) is 7.12. The van der Waals surface area contributed by atoms with Crippen LogP contribution in [0, 0.1) is 0 Å². The summed E-state index contributed by atoms with van der Waals surface area (Å²) in [5.74, 6) is 0.329. The number of nitrogens with zero attached hydrogens (tertiary/aromatic N) is 1. The van der Waals surface area contributed by atoms with E-state index in [9.17, 15) is 4.79 Å². The zero-order chi connectivity index (χ0) is 12.8. The number of fused-ring (bicyclic) bond motifs is 2. The summed E-state index contributed by atoms with van der Waals surface area (Å²) in [6.07, 6.45) is 7.12. The van der Waals surface area contributed by atoms with Crippen LogP contribution in [0.25, 0.3) is 0 Å². The monoisotopic (exact) mass is 251 g/mol. The summed E-state index contributed by atoms with van der Waals surface area (Å²) >= 11 is 0. The van der Waals surface area contributed by atoms with Crippen LogP contribution in [0.5, 0.6) is 0 Å². The van der Waals surface area contributed by atoms with Gasteiger partial charge in [0.2, 0.25) is 0 Å². The molecule has 0 N–H and O–H groups in total. The second-order valence-electron chi connectivity index (χ2n) is 5.69. The first-order valence-corrected chi connectivity index (χ1v) is 7.12. The lowest BCUT2D eigenvalue weighted by molar-refractivity contribution is 0.0971. The second-order valence-corrected chi connectivity index (χ2v) is 5.69. The van der Waals surface area contributed by atoms with Crippen molar-refractivity contribution in [2.24, 2.45) is 0 Å². The van der Waals surface area contributed by atoms with E-state index >= 15 is 0 Å². The number of hydrogen-bond acceptors (Lipinski definition) is 1. The van der Waals surface area contributed by atoms with Crippen LogP contribution in [-0.2, 0) is 19.3 Å². The molecule has 2 aromatic rings. The molecule has 1 heterocycles. The van der Waals surface area contributed by atoms with E-state index in [2.05, 4.69) is 35.0 Å². The maximum absolute atomic E-state index is 11.9. The van der Waals surface area contributed by atoms with Crippen LogP contribution in [0.4, 0.5) is 0 Å². The van der Waals surface area contributed by atoms with Crippen LogP contribution < -0.4 is 0 Å². The van der Waals surface area contributed by atoms with Crippen molar-refractivity contribution in [1.82, 2.24) is 4.57 Å². The minimum atomic E-state index is 0.329. The third-order valence-corrected chi connectivity index (χ3v) is 4.57. The molecule has 0 aliphatic heterocycles.